The summed E-state index contributed by atoms with van der Waals surface area (Å²) in [5, 5.41) is 3.75. The molecule has 1 aromatic heterocycles. The van der Waals surface area contributed by atoms with E-state index < -0.39 is 17.7 Å². The van der Waals surface area contributed by atoms with E-state index in [0.717, 1.165) is 18.2 Å². The SMILES string of the molecule is Cn1ncc(N)c1C(=O)Oc1cccc(C(F)(F)F)c1. The molecule has 0 atom stereocenters. The minimum atomic E-state index is -4.51. The van der Waals surface area contributed by atoms with Crippen LogP contribution < -0.4 is 10.5 Å². The van der Waals surface area contributed by atoms with Gasteiger partial charge in [-0.2, -0.15) is 18.3 Å². The van der Waals surface area contributed by atoms with Crippen LogP contribution in [0.25, 0.3) is 0 Å². The summed E-state index contributed by atoms with van der Waals surface area (Å²) in [6, 6.07) is 4.03. The van der Waals surface area contributed by atoms with Gasteiger partial charge in [0, 0.05) is 7.05 Å². The number of hydrogen-bond acceptors (Lipinski definition) is 4. The number of nitrogens with zero attached hydrogens (tertiary/aromatic N) is 2. The highest BCUT2D eigenvalue weighted by Crippen LogP contribution is 2.31. The molecule has 0 radical (unpaired) electrons. The molecular formula is C12H10F3N3O2. The van der Waals surface area contributed by atoms with Crippen LogP contribution in [-0.4, -0.2) is 15.7 Å². The van der Waals surface area contributed by atoms with Gasteiger partial charge in [0.1, 0.15) is 5.75 Å². The third-order valence-electron chi connectivity index (χ3n) is 2.53. The van der Waals surface area contributed by atoms with Crippen molar-refractivity contribution in [2.75, 3.05) is 5.73 Å². The minimum absolute atomic E-state index is 0.0255. The van der Waals surface area contributed by atoms with Crippen LogP contribution in [0.2, 0.25) is 0 Å². The smallest absolute Gasteiger partial charge is 0.416 e. The van der Waals surface area contributed by atoms with E-state index >= 15 is 0 Å². The number of aryl methyl sites for hydroxylation is 1. The predicted octanol–water partition coefficient (Wildman–Crippen LogP) is 2.24. The molecule has 0 saturated heterocycles. The lowest BCUT2D eigenvalue weighted by Crippen LogP contribution is -2.15. The van der Waals surface area contributed by atoms with Crippen LogP contribution in [0.15, 0.2) is 30.5 Å². The summed E-state index contributed by atoms with van der Waals surface area (Å²) in [7, 11) is 1.47. The second kappa shape index (κ2) is 4.87. The molecular weight excluding hydrogens is 275 g/mol. The Morgan fingerprint density at radius 3 is 2.65 bits per heavy atom. The van der Waals surface area contributed by atoms with Crippen molar-refractivity contribution in [2.24, 2.45) is 7.05 Å². The third kappa shape index (κ3) is 2.73. The second-order valence-corrected chi connectivity index (χ2v) is 3.99. The summed E-state index contributed by atoms with van der Waals surface area (Å²) in [5.41, 5.74) is 4.69. The fraction of sp³-hybridized carbons (Fsp3) is 0.167. The van der Waals surface area contributed by atoms with Crippen LogP contribution >= 0.6 is 0 Å². The van der Waals surface area contributed by atoms with Gasteiger partial charge in [0.2, 0.25) is 0 Å². The Morgan fingerprint density at radius 2 is 2.10 bits per heavy atom. The topological polar surface area (TPSA) is 70.1 Å². The lowest BCUT2D eigenvalue weighted by atomic mass is 10.2. The summed E-state index contributed by atoms with van der Waals surface area (Å²) in [4.78, 5) is 11.8. The van der Waals surface area contributed by atoms with Crippen molar-refractivity contribution in [1.82, 2.24) is 9.78 Å². The summed E-state index contributed by atoms with van der Waals surface area (Å²) < 4.78 is 43.7. The number of aromatic nitrogens is 2. The first-order valence-corrected chi connectivity index (χ1v) is 5.46. The number of nitrogens with two attached hydrogens (primary N) is 1. The van der Waals surface area contributed by atoms with Crippen molar-refractivity contribution in [3.8, 4) is 5.75 Å². The zero-order valence-corrected chi connectivity index (χ0v) is 10.3. The molecule has 0 aliphatic carbocycles. The van der Waals surface area contributed by atoms with Crippen molar-refractivity contribution in [3.63, 3.8) is 0 Å². The average molecular weight is 285 g/mol. The Labute approximate surface area is 111 Å². The predicted molar refractivity (Wildman–Crippen MR) is 64.0 cm³/mol. The normalized spacial score (nSPS) is 11.4. The maximum Gasteiger partial charge on any atom is 0.416 e. The molecule has 0 aliphatic rings. The van der Waals surface area contributed by atoms with Gasteiger partial charge in [-0.1, -0.05) is 6.07 Å². The molecule has 0 unspecified atom stereocenters. The van der Waals surface area contributed by atoms with Crippen LogP contribution in [0.1, 0.15) is 16.1 Å². The van der Waals surface area contributed by atoms with Crippen molar-refractivity contribution in [3.05, 3.63) is 41.7 Å². The molecule has 2 rings (SSSR count). The van der Waals surface area contributed by atoms with Crippen LogP contribution in [0, 0.1) is 0 Å². The summed E-state index contributed by atoms with van der Waals surface area (Å²) in [6.07, 6.45) is -3.25. The summed E-state index contributed by atoms with van der Waals surface area (Å²) in [6.45, 7) is 0. The average Bonchev–Trinajstić information content (AvgIpc) is 2.68. The summed E-state index contributed by atoms with van der Waals surface area (Å²) in [5.74, 6) is -1.09. The minimum Gasteiger partial charge on any atom is -0.422 e. The van der Waals surface area contributed by atoms with E-state index in [1.54, 1.807) is 0 Å². The number of esters is 1. The standard InChI is InChI=1S/C12H10F3N3O2/c1-18-10(9(16)6-17-18)11(19)20-8-4-2-3-7(5-8)12(13,14)15/h2-6H,16H2,1H3. The van der Waals surface area contributed by atoms with Gasteiger partial charge in [-0.05, 0) is 18.2 Å². The number of ether oxygens (including phenoxy) is 1. The van der Waals surface area contributed by atoms with E-state index in [9.17, 15) is 18.0 Å². The maximum absolute atomic E-state index is 12.5. The first kappa shape index (κ1) is 13.9. The number of rotatable bonds is 2. The van der Waals surface area contributed by atoms with Gasteiger partial charge in [0.15, 0.2) is 5.69 Å². The van der Waals surface area contributed by atoms with Gasteiger partial charge in [0.25, 0.3) is 0 Å². The Balaban J connectivity index is 2.25. The number of carbonyl (C=O) groups is 1. The van der Waals surface area contributed by atoms with Gasteiger partial charge in [0.05, 0.1) is 17.4 Å². The molecule has 0 amide bonds. The zero-order chi connectivity index (χ0) is 14.9. The fourth-order valence-corrected chi connectivity index (χ4v) is 1.60. The quantitative estimate of drug-likeness (QED) is 0.678. The molecule has 2 N–H and O–H groups in total. The maximum atomic E-state index is 12.5. The fourth-order valence-electron chi connectivity index (χ4n) is 1.60. The van der Waals surface area contributed by atoms with E-state index in [-0.39, 0.29) is 17.1 Å². The first-order chi connectivity index (χ1) is 9.29. The molecule has 106 valence electrons. The van der Waals surface area contributed by atoms with E-state index in [1.165, 1.54) is 24.0 Å². The molecule has 0 aliphatic heterocycles. The van der Waals surface area contributed by atoms with Crippen molar-refractivity contribution >= 4 is 11.7 Å². The number of benzene rings is 1. The number of nitrogen functional groups attached to an aromatic ring is 1. The zero-order valence-electron chi connectivity index (χ0n) is 10.3. The van der Waals surface area contributed by atoms with Crippen molar-refractivity contribution in [2.45, 2.75) is 6.18 Å². The van der Waals surface area contributed by atoms with Crippen molar-refractivity contribution in [1.29, 1.82) is 0 Å². The number of hydrogen-bond donors (Lipinski definition) is 1. The molecule has 1 heterocycles. The molecule has 0 bridgehead atoms. The molecule has 2 aromatic rings. The second-order valence-electron chi connectivity index (χ2n) is 3.99. The van der Waals surface area contributed by atoms with E-state index in [4.69, 9.17) is 10.5 Å². The van der Waals surface area contributed by atoms with Gasteiger partial charge in [-0.15, -0.1) is 0 Å². The van der Waals surface area contributed by atoms with Crippen LogP contribution in [-0.2, 0) is 13.2 Å². The first-order valence-electron chi connectivity index (χ1n) is 5.46. The van der Waals surface area contributed by atoms with Gasteiger partial charge >= 0.3 is 12.1 Å². The van der Waals surface area contributed by atoms with Crippen molar-refractivity contribution < 1.29 is 22.7 Å². The van der Waals surface area contributed by atoms with Crippen LogP contribution in [0.4, 0.5) is 18.9 Å². The number of carbonyl (C=O) groups excluding carboxylic acids is 1. The Bertz CT molecular complexity index is 630. The monoisotopic (exact) mass is 285 g/mol. The van der Waals surface area contributed by atoms with Gasteiger partial charge < -0.3 is 10.5 Å². The summed E-state index contributed by atoms with van der Waals surface area (Å²) >= 11 is 0. The number of alkyl halides is 3. The largest absolute Gasteiger partial charge is 0.422 e. The van der Waals surface area contributed by atoms with Gasteiger partial charge in [-0.3, -0.25) is 4.68 Å². The Morgan fingerprint density at radius 1 is 1.40 bits per heavy atom. The molecule has 5 nitrogen and oxygen atoms in total. The molecule has 0 saturated carbocycles. The Hall–Kier alpha value is -2.51. The number of anilines is 1. The molecule has 1 aromatic carbocycles. The van der Waals surface area contributed by atoms with E-state index in [1.807, 2.05) is 0 Å². The third-order valence-corrected chi connectivity index (χ3v) is 2.53. The molecule has 20 heavy (non-hydrogen) atoms. The highest BCUT2D eigenvalue weighted by molar-refractivity contribution is 5.94. The van der Waals surface area contributed by atoms with Crippen LogP contribution in [0.5, 0.6) is 5.75 Å². The lowest BCUT2D eigenvalue weighted by Gasteiger charge is -2.09. The van der Waals surface area contributed by atoms with E-state index in [0.29, 0.717) is 0 Å². The van der Waals surface area contributed by atoms with Crippen LogP contribution in [0.3, 0.4) is 0 Å². The number of halogens is 3. The highest BCUT2D eigenvalue weighted by Gasteiger charge is 2.31. The van der Waals surface area contributed by atoms with Gasteiger partial charge in [-0.25, -0.2) is 4.79 Å². The molecule has 0 spiro atoms. The molecule has 8 heteroatoms. The van der Waals surface area contributed by atoms with E-state index in [2.05, 4.69) is 5.10 Å². The highest BCUT2D eigenvalue weighted by atomic mass is 19.4. The molecule has 0 fully saturated rings. The lowest BCUT2D eigenvalue weighted by molar-refractivity contribution is -0.137. The Kier molecular flexibility index (Phi) is 3.39.